The first-order chi connectivity index (χ1) is 14.5. The number of non-ortho nitro benzene ring substituents is 1. The van der Waals surface area contributed by atoms with Gasteiger partial charge in [-0.2, -0.15) is 5.10 Å². The van der Waals surface area contributed by atoms with Crippen molar-refractivity contribution in [3.05, 3.63) is 91.8 Å². The lowest BCUT2D eigenvalue weighted by Crippen LogP contribution is -2.33. The predicted octanol–water partition coefficient (Wildman–Crippen LogP) is 5.76. The number of hydrazone groups is 1. The van der Waals surface area contributed by atoms with Crippen LogP contribution in [0, 0.1) is 10.1 Å². The molecule has 2 aliphatic rings. The molecule has 3 heterocycles. The van der Waals surface area contributed by atoms with Crippen LogP contribution in [0.25, 0.3) is 0 Å². The van der Waals surface area contributed by atoms with Crippen molar-refractivity contribution < 1.29 is 14.1 Å². The van der Waals surface area contributed by atoms with Crippen molar-refractivity contribution in [2.45, 2.75) is 32.0 Å². The normalized spacial score (nSPS) is 19.7. The molecule has 30 heavy (non-hydrogen) atoms. The molecule has 0 saturated heterocycles. The van der Waals surface area contributed by atoms with Gasteiger partial charge in [0, 0.05) is 40.6 Å². The molecule has 2 aromatic carbocycles. The van der Waals surface area contributed by atoms with E-state index in [9.17, 15) is 10.1 Å². The molecule has 0 amide bonds. The van der Waals surface area contributed by atoms with E-state index in [1.165, 1.54) is 12.1 Å². The monoisotopic (exact) mass is 467 g/mol. The van der Waals surface area contributed by atoms with E-state index in [4.69, 9.17) is 14.3 Å². The second kappa shape index (κ2) is 7.28. The van der Waals surface area contributed by atoms with Crippen molar-refractivity contribution in [1.82, 2.24) is 5.01 Å². The third-order valence-electron chi connectivity index (χ3n) is 5.44. The van der Waals surface area contributed by atoms with E-state index in [0.29, 0.717) is 6.42 Å². The summed E-state index contributed by atoms with van der Waals surface area (Å²) in [6.45, 7) is 2.05. The number of nitro groups is 1. The minimum absolute atomic E-state index is 0.0170. The number of hydrogen-bond donors (Lipinski definition) is 0. The summed E-state index contributed by atoms with van der Waals surface area (Å²) in [4.78, 5) is 10.6. The van der Waals surface area contributed by atoms with Gasteiger partial charge in [-0.15, -0.1) is 0 Å². The van der Waals surface area contributed by atoms with Crippen LogP contribution in [0.5, 0.6) is 5.75 Å². The molecule has 2 aliphatic heterocycles. The van der Waals surface area contributed by atoms with Crippen molar-refractivity contribution in [3.8, 4) is 5.75 Å². The Kier molecular flexibility index (Phi) is 4.58. The van der Waals surface area contributed by atoms with E-state index in [1.807, 2.05) is 29.3 Å². The fourth-order valence-corrected chi connectivity index (χ4v) is 4.29. The zero-order valence-electron chi connectivity index (χ0n) is 16.1. The predicted molar refractivity (Wildman–Crippen MR) is 114 cm³/mol. The second-order valence-corrected chi connectivity index (χ2v) is 8.18. The van der Waals surface area contributed by atoms with Gasteiger partial charge in [-0.05, 0) is 42.5 Å². The van der Waals surface area contributed by atoms with Crippen LogP contribution in [0.1, 0.15) is 48.3 Å². The summed E-state index contributed by atoms with van der Waals surface area (Å²) in [5.74, 6) is 2.47. The standard InChI is InChI=1S/C22H18BrN3O4/c1-2-16-8-10-21(29-16)18-12-19-17-11-14(23)5-9-20(17)30-22(25(19)24-18)13-3-6-15(7-4-13)26(27)28/h3-11,19,22H,2,12H2,1H3/t19-,22+/m0/s1. The molecule has 0 fully saturated rings. The summed E-state index contributed by atoms with van der Waals surface area (Å²) in [6.07, 6.45) is 1.03. The average Bonchev–Trinajstić information content (AvgIpc) is 3.40. The lowest BCUT2D eigenvalue weighted by molar-refractivity contribution is -0.384. The Morgan fingerprint density at radius 2 is 2.00 bits per heavy atom. The van der Waals surface area contributed by atoms with Gasteiger partial charge in [-0.1, -0.05) is 22.9 Å². The Bertz CT molecular complexity index is 1160. The van der Waals surface area contributed by atoms with E-state index in [0.717, 1.165) is 45.0 Å². The first kappa shape index (κ1) is 18.9. The number of nitrogens with zero attached hydrogens (tertiary/aromatic N) is 3. The van der Waals surface area contributed by atoms with Crippen LogP contribution < -0.4 is 4.74 Å². The Morgan fingerprint density at radius 1 is 1.20 bits per heavy atom. The molecule has 3 aromatic rings. The van der Waals surface area contributed by atoms with Crippen LogP contribution >= 0.6 is 15.9 Å². The molecular weight excluding hydrogens is 450 g/mol. The summed E-state index contributed by atoms with van der Waals surface area (Å²) >= 11 is 3.55. The molecule has 0 spiro atoms. The van der Waals surface area contributed by atoms with Gasteiger partial charge in [0.25, 0.3) is 5.69 Å². The molecule has 2 atom stereocenters. The van der Waals surface area contributed by atoms with Gasteiger partial charge < -0.3 is 9.15 Å². The largest absolute Gasteiger partial charge is 0.464 e. The van der Waals surface area contributed by atoms with Crippen LogP contribution in [0.3, 0.4) is 0 Å². The van der Waals surface area contributed by atoms with Crippen molar-refractivity contribution in [1.29, 1.82) is 0 Å². The minimum Gasteiger partial charge on any atom is -0.464 e. The highest BCUT2D eigenvalue weighted by atomic mass is 79.9. The highest BCUT2D eigenvalue weighted by Crippen LogP contribution is 2.48. The van der Waals surface area contributed by atoms with Crippen molar-refractivity contribution in [2.24, 2.45) is 5.10 Å². The lowest BCUT2D eigenvalue weighted by Gasteiger charge is -2.38. The molecular formula is C22H18BrN3O4. The summed E-state index contributed by atoms with van der Waals surface area (Å²) < 4.78 is 13.2. The van der Waals surface area contributed by atoms with Crippen LogP contribution in [-0.4, -0.2) is 15.6 Å². The van der Waals surface area contributed by atoms with E-state index < -0.39 is 11.2 Å². The minimum atomic E-state index is -0.484. The summed E-state index contributed by atoms with van der Waals surface area (Å²) in [7, 11) is 0. The maximum Gasteiger partial charge on any atom is 0.269 e. The third-order valence-corrected chi connectivity index (χ3v) is 5.93. The molecule has 0 unspecified atom stereocenters. The zero-order valence-corrected chi connectivity index (χ0v) is 17.7. The molecule has 0 bridgehead atoms. The number of furan rings is 1. The second-order valence-electron chi connectivity index (χ2n) is 7.27. The van der Waals surface area contributed by atoms with E-state index in [-0.39, 0.29) is 11.7 Å². The quantitative estimate of drug-likeness (QED) is 0.360. The van der Waals surface area contributed by atoms with E-state index >= 15 is 0 Å². The molecule has 152 valence electrons. The number of halogens is 1. The molecule has 0 N–H and O–H groups in total. The van der Waals surface area contributed by atoms with Gasteiger partial charge in [0.15, 0.2) is 0 Å². The number of hydrogen-bond acceptors (Lipinski definition) is 6. The summed E-state index contributed by atoms with van der Waals surface area (Å²) in [6, 6.07) is 16.3. The number of fused-ring (bicyclic) bond motifs is 3. The van der Waals surface area contributed by atoms with Crippen molar-refractivity contribution in [2.75, 3.05) is 0 Å². The first-order valence-electron chi connectivity index (χ1n) is 9.69. The highest BCUT2D eigenvalue weighted by Gasteiger charge is 2.41. The maximum absolute atomic E-state index is 11.0. The fourth-order valence-electron chi connectivity index (χ4n) is 3.91. The van der Waals surface area contributed by atoms with Crippen LogP contribution in [0.4, 0.5) is 5.69 Å². The van der Waals surface area contributed by atoms with Crippen molar-refractivity contribution >= 4 is 27.3 Å². The summed E-state index contributed by atoms with van der Waals surface area (Å²) in [5, 5.41) is 17.8. The van der Waals surface area contributed by atoms with E-state index in [2.05, 4.69) is 28.9 Å². The lowest BCUT2D eigenvalue weighted by atomic mass is 9.97. The highest BCUT2D eigenvalue weighted by molar-refractivity contribution is 9.10. The average molecular weight is 468 g/mol. The van der Waals surface area contributed by atoms with E-state index in [1.54, 1.807) is 12.1 Å². The Balaban J connectivity index is 1.56. The zero-order chi connectivity index (χ0) is 20.8. The smallest absolute Gasteiger partial charge is 0.269 e. The molecule has 5 rings (SSSR count). The first-order valence-corrected chi connectivity index (χ1v) is 10.5. The number of benzene rings is 2. The molecule has 1 aromatic heterocycles. The SMILES string of the molecule is CCc1ccc(C2=NN3[C@@H](c4ccc([N+](=O)[O-])cc4)Oc4ccc(Br)cc4[C@@H]3C2)o1. The fraction of sp³-hybridized carbons (Fsp3) is 0.227. The molecule has 8 heteroatoms. The Morgan fingerprint density at radius 3 is 2.70 bits per heavy atom. The molecule has 0 saturated carbocycles. The Labute approximate surface area is 181 Å². The van der Waals surface area contributed by atoms with Crippen LogP contribution in [0.2, 0.25) is 0 Å². The molecule has 7 nitrogen and oxygen atoms in total. The third kappa shape index (κ3) is 3.17. The van der Waals surface area contributed by atoms with Gasteiger partial charge in [0.05, 0.1) is 11.0 Å². The van der Waals surface area contributed by atoms with Crippen LogP contribution in [-0.2, 0) is 6.42 Å². The van der Waals surface area contributed by atoms with Gasteiger partial charge >= 0.3 is 0 Å². The number of rotatable bonds is 4. The van der Waals surface area contributed by atoms with Gasteiger partial charge in [0.2, 0.25) is 6.23 Å². The van der Waals surface area contributed by atoms with Crippen molar-refractivity contribution in [3.63, 3.8) is 0 Å². The maximum atomic E-state index is 11.0. The Hall–Kier alpha value is -3.13. The molecule has 0 aliphatic carbocycles. The van der Waals surface area contributed by atoms with Gasteiger partial charge in [-0.3, -0.25) is 10.1 Å². The molecule has 0 radical (unpaired) electrons. The number of aryl methyl sites for hydroxylation is 1. The van der Waals surface area contributed by atoms with Gasteiger partial charge in [0.1, 0.15) is 23.0 Å². The number of ether oxygens (including phenoxy) is 1. The summed E-state index contributed by atoms with van der Waals surface area (Å²) in [5.41, 5.74) is 2.76. The van der Waals surface area contributed by atoms with Crippen LogP contribution in [0.15, 0.2) is 68.6 Å². The van der Waals surface area contributed by atoms with Gasteiger partial charge in [-0.25, -0.2) is 5.01 Å². The number of nitro benzene ring substituents is 1. The topological polar surface area (TPSA) is 81.1 Å².